The van der Waals surface area contributed by atoms with Crippen LogP contribution in [0.25, 0.3) is 10.9 Å². The quantitative estimate of drug-likeness (QED) is 0.475. The van der Waals surface area contributed by atoms with Gasteiger partial charge in [-0.05, 0) is 13.0 Å². The molecule has 8 nitrogen and oxygen atoms in total. The first kappa shape index (κ1) is 22.8. The van der Waals surface area contributed by atoms with Crippen LogP contribution in [0.3, 0.4) is 0 Å². The van der Waals surface area contributed by atoms with E-state index in [9.17, 15) is 4.79 Å². The van der Waals surface area contributed by atoms with E-state index in [2.05, 4.69) is 14.5 Å². The van der Waals surface area contributed by atoms with Crippen LogP contribution in [0.2, 0.25) is 10.0 Å². The number of halogens is 2. The van der Waals surface area contributed by atoms with Crippen molar-refractivity contribution in [3.8, 4) is 5.75 Å². The van der Waals surface area contributed by atoms with E-state index in [1.807, 2.05) is 13.0 Å². The fourth-order valence-corrected chi connectivity index (χ4v) is 4.57. The standard InChI is InChI=1S/C22H24Cl2N4O4/c1-13-18-15-4-5-16(23)19(24)20(15)28(12-32-9-8-30-2)17(18)6-7-27(13)22(29)21-25-10-14(31-3)11-26-21/h4-5,10-11,13H,6-9,12H2,1-3H3. The predicted octanol–water partition coefficient (Wildman–Crippen LogP) is 4.13. The molecule has 1 unspecified atom stereocenters. The second kappa shape index (κ2) is 9.62. The highest BCUT2D eigenvalue weighted by molar-refractivity contribution is 6.45. The molecule has 0 aliphatic carbocycles. The largest absolute Gasteiger partial charge is 0.494 e. The molecule has 32 heavy (non-hydrogen) atoms. The molecule has 0 radical (unpaired) electrons. The number of amides is 1. The molecule has 0 saturated carbocycles. The molecule has 0 saturated heterocycles. The van der Waals surface area contributed by atoms with Gasteiger partial charge in [0.15, 0.2) is 5.75 Å². The fraction of sp³-hybridized carbons (Fsp3) is 0.409. The van der Waals surface area contributed by atoms with Crippen molar-refractivity contribution in [2.45, 2.75) is 26.1 Å². The van der Waals surface area contributed by atoms with Gasteiger partial charge in [-0.3, -0.25) is 4.79 Å². The van der Waals surface area contributed by atoms with Crippen LogP contribution in [0.1, 0.15) is 34.8 Å². The SMILES string of the molecule is COCCOCn1c2c(c3ccc(Cl)c(Cl)c31)C(C)N(C(=O)c1ncc(OC)cn1)CC2. The summed E-state index contributed by atoms with van der Waals surface area (Å²) in [5.41, 5.74) is 2.92. The monoisotopic (exact) mass is 478 g/mol. The van der Waals surface area contributed by atoms with Crippen LogP contribution in [0.15, 0.2) is 24.5 Å². The topological polar surface area (TPSA) is 78.7 Å². The van der Waals surface area contributed by atoms with Crippen molar-refractivity contribution in [2.24, 2.45) is 0 Å². The summed E-state index contributed by atoms with van der Waals surface area (Å²) in [5.74, 6) is 0.399. The molecule has 0 spiro atoms. The molecule has 1 amide bonds. The first-order valence-electron chi connectivity index (χ1n) is 10.2. The van der Waals surface area contributed by atoms with E-state index < -0.39 is 0 Å². The van der Waals surface area contributed by atoms with Crippen molar-refractivity contribution in [1.29, 1.82) is 0 Å². The summed E-state index contributed by atoms with van der Waals surface area (Å²) in [6.07, 6.45) is 3.62. The molecular weight excluding hydrogens is 455 g/mol. The summed E-state index contributed by atoms with van der Waals surface area (Å²) in [6, 6.07) is 3.52. The number of benzene rings is 1. The average molecular weight is 479 g/mol. The lowest BCUT2D eigenvalue weighted by atomic mass is 9.96. The highest BCUT2D eigenvalue weighted by Crippen LogP contribution is 2.42. The van der Waals surface area contributed by atoms with Crippen LogP contribution < -0.4 is 4.74 Å². The minimum atomic E-state index is -0.233. The second-order valence-electron chi connectivity index (χ2n) is 7.45. The highest BCUT2D eigenvalue weighted by Gasteiger charge is 2.34. The molecule has 10 heteroatoms. The zero-order chi connectivity index (χ0) is 22.8. The molecule has 0 bridgehead atoms. The number of carbonyl (C=O) groups excluding carboxylic acids is 1. The molecule has 0 N–H and O–H groups in total. The molecule has 4 rings (SSSR count). The summed E-state index contributed by atoms with van der Waals surface area (Å²) in [5, 5.41) is 1.89. The molecular formula is C22H24Cl2N4O4. The Labute approximate surface area is 196 Å². The summed E-state index contributed by atoms with van der Waals surface area (Å²) >= 11 is 12.9. The summed E-state index contributed by atoms with van der Waals surface area (Å²) in [6.45, 7) is 3.78. The second-order valence-corrected chi connectivity index (χ2v) is 8.23. The fourth-order valence-electron chi connectivity index (χ4n) is 4.15. The molecule has 3 heterocycles. The van der Waals surface area contributed by atoms with Gasteiger partial charge >= 0.3 is 0 Å². The normalized spacial score (nSPS) is 15.8. The van der Waals surface area contributed by atoms with Crippen molar-refractivity contribution >= 4 is 40.0 Å². The van der Waals surface area contributed by atoms with Crippen molar-refractivity contribution in [1.82, 2.24) is 19.4 Å². The van der Waals surface area contributed by atoms with E-state index in [1.165, 1.54) is 19.5 Å². The van der Waals surface area contributed by atoms with Crippen LogP contribution >= 0.6 is 23.2 Å². The highest BCUT2D eigenvalue weighted by atomic mass is 35.5. The number of nitrogens with zero attached hydrogens (tertiary/aromatic N) is 4. The summed E-state index contributed by atoms with van der Waals surface area (Å²) in [7, 11) is 3.16. The Bertz CT molecular complexity index is 1130. The van der Waals surface area contributed by atoms with Gasteiger partial charge in [0.2, 0.25) is 5.82 Å². The minimum Gasteiger partial charge on any atom is -0.494 e. The first-order valence-corrected chi connectivity index (χ1v) is 11.0. The number of carbonyl (C=O) groups is 1. The van der Waals surface area contributed by atoms with Gasteiger partial charge in [0.25, 0.3) is 5.91 Å². The minimum absolute atomic E-state index is 0.133. The third-order valence-electron chi connectivity index (χ3n) is 5.71. The maximum atomic E-state index is 13.2. The van der Waals surface area contributed by atoms with Gasteiger partial charge in [-0.1, -0.05) is 29.3 Å². The lowest BCUT2D eigenvalue weighted by Crippen LogP contribution is -2.40. The third kappa shape index (κ3) is 4.03. The lowest BCUT2D eigenvalue weighted by Gasteiger charge is -2.34. The first-order chi connectivity index (χ1) is 15.5. The zero-order valence-electron chi connectivity index (χ0n) is 18.1. The van der Waals surface area contributed by atoms with E-state index in [0.717, 1.165) is 22.2 Å². The zero-order valence-corrected chi connectivity index (χ0v) is 19.6. The van der Waals surface area contributed by atoms with Gasteiger partial charge < -0.3 is 23.7 Å². The number of rotatable bonds is 7. The number of fused-ring (bicyclic) bond motifs is 3. The molecule has 3 aromatic rings. The third-order valence-corrected chi connectivity index (χ3v) is 6.50. The van der Waals surface area contributed by atoms with Crippen molar-refractivity contribution in [2.75, 3.05) is 34.0 Å². The van der Waals surface area contributed by atoms with Crippen molar-refractivity contribution in [3.05, 3.63) is 51.7 Å². The van der Waals surface area contributed by atoms with Gasteiger partial charge in [0, 0.05) is 36.7 Å². The average Bonchev–Trinajstić information content (AvgIpc) is 3.14. The molecule has 1 atom stereocenters. The summed E-state index contributed by atoms with van der Waals surface area (Å²) in [4.78, 5) is 23.3. The maximum absolute atomic E-state index is 13.2. The van der Waals surface area contributed by atoms with E-state index >= 15 is 0 Å². The molecule has 0 fully saturated rings. The van der Waals surface area contributed by atoms with Gasteiger partial charge in [-0.2, -0.15) is 0 Å². The van der Waals surface area contributed by atoms with Crippen LogP contribution in [-0.4, -0.2) is 59.3 Å². The number of methoxy groups -OCH3 is 2. The smallest absolute Gasteiger partial charge is 0.292 e. The Balaban J connectivity index is 1.72. The summed E-state index contributed by atoms with van der Waals surface area (Å²) < 4.78 is 18.0. The van der Waals surface area contributed by atoms with Crippen LogP contribution in [-0.2, 0) is 22.6 Å². The van der Waals surface area contributed by atoms with Gasteiger partial charge in [0.05, 0.1) is 54.3 Å². The predicted molar refractivity (Wildman–Crippen MR) is 122 cm³/mol. The molecule has 2 aromatic heterocycles. The van der Waals surface area contributed by atoms with Crippen LogP contribution in [0.5, 0.6) is 5.75 Å². The van der Waals surface area contributed by atoms with Crippen LogP contribution in [0, 0.1) is 0 Å². The molecule has 170 valence electrons. The van der Waals surface area contributed by atoms with E-state index in [0.29, 0.717) is 48.7 Å². The van der Waals surface area contributed by atoms with Crippen molar-refractivity contribution in [3.63, 3.8) is 0 Å². The Hall–Kier alpha value is -2.39. The van der Waals surface area contributed by atoms with Gasteiger partial charge in [0.1, 0.15) is 6.73 Å². The maximum Gasteiger partial charge on any atom is 0.292 e. The Kier molecular flexibility index (Phi) is 6.85. The number of hydrogen-bond donors (Lipinski definition) is 0. The number of ether oxygens (including phenoxy) is 3. The van der Waals surface area contributed by atoms with E-state index in [4.69, 9.17) is 37.4 Å². The Morgan fingerprint density at radius 3 is 2.62 bits per heavy atom. The Morgan fingerprint density at radius 1 is 1.19 bits per heavy atom. The van der Waals surface area contributed by atoms with Gasteiger partial charge in [-0.15, -0.1) is 0 Å². The molecule has 1 aliphatic rings. The van der Waals surface area contributed by atoms with E-state index in [1.54, 1.807) is 18.1 Å². The number of hydrogen-bond acceptors (Lipinski definition) is 6. The van der Waals surface area contributed by atoms with E-state index in [-0.39, 0.29) is 17.8 Å². The van der Waals surface area contributed by atoms with Gasteiger partial charge in [-0.25, -0.2) is 9.97 Å². The van der Waals surface area contributed by atoms with Crippen LogP contribution in [0.4, 0.5) is 0 Å². The van der Waals surface area contributed by atoms with Crippen molar-refractivity contribution < 1.29 is 19.0 Å². The molecule has 1 aliphatic heterocycles. The number of aromatic nitrogens is 3. The molecule has 1 aromatic carbocycles. The lowest BCUT2D eigenvalue weighted by molar-refractivity contribution is 0.0340. The Morgan fingerprint density at radius 2 is 1.94 bits per heavy atom.